The first-order chi connectivity index (χ1) is 9.04. The molecule has 0 amide bonds. The van der Waals surface area contributed by atoms with Gasteiger partial charge in [0, 0.05) is 31.4 Å². The number of hydrogen-bond donors (Lipinski definition) is 1. The fraction of sp³-hybridized carbons (Fsp3) is 0.923. The number of hydrogen-bond acceptors (Lipinski definition) is 4. The third-order valence-electron chi connectivity index (χ3n) is 3.78. The Hall–Kier alpha value is 0.300. The summed E-state index contributed by atoms with van der Waals surface area (Å²) in [7, 11) is -1.27. The first kappa shape index (κ1) is 21.3. The zero-order valence-corrected chi connectivity index (χ0v) is 17.7. The zero-order chi connectivity index (χ0) is 15.6. The molecule has 1 aliphatic rings. The lowest BCUT2D eigenvalue weighted by atomic mass is 10.2. The number of guanidine groups is 1. The second kappa shape index (κ2) is 7.72. The maximum absolute atomic E-state index is 12.0. The van der Waals surface area contributed by atoms with E-state index < -0.39 is 14.6 Å². The second-order valence-corrected chi connectivity index (χ2v) is 10.6. The molecule has 0 radical (unpaired) electrons. The third kappa shape index (κ3) is 5.46. The van der Waals surface area contributed by atoms with Crippen molar-refractivity contribution >= 4 is 51.5 Å². The average molecular weight is 449 g/mol. The van der Waals surface area contributed by atoms with E-state index in [1.54, 1.807) is 32.7 Å². The minimum absolute atomic E-state index is 0. The van der Waals surface area contributed by atoms with Crippen molar-refractivity contribution in [2.75, 3.05) is 38.7 Å². The molecule has 0 aromatic heterocycles. The van der Waals surface area contributed by atoms with Gasteiger partial charge in [-0.15, -0.1) is 24.0 Å². The minimum Gasteiger partial charge on any atom is -0.355 e. The number of nitrogens with zero attached hydrogens (tertiary/aromatic N) is 2. The summed E-state index contributed by atoms with van der Waals surface area (Å²) in [4.78, 5) is 6.33. The van der Waals surface area contributed by atoms with Crippen LogP contribution in [0.3, 0.4) is 0 Å². The van der Waals surface area contributed by atoms with Crippen LogP contribution in [0.5, 0.6) is 0 Å². The normalized spacial score (nSPS) is 21.6. The quantitative estimate of drug-likeness (QED) is 0.405. The summed E-state index contributed by atoms with van der Waals surface area (Å²) >= 11 is 1.79. The average Bonchev–Trinajstić information content (AvgIpc) is 2.34. The van der Waals surface area contributed by atoms with E-state index in [1.807, 2.05) is 4.90 Å². The summed E-state index contributed by atoms with van der Waals surface area (Å²) in [6, 6.07) is 0. The summed E-state index contributed by atoms with van der Waals surface area (Å²) < 4.78 is 23.5. The van der Waals surface area contributed by atoms with Gasteiger partial charge in [0.15, 0.2) is 15.8 Å². The minimum atomic E-state index is -3.01. The molecule has 0 bridgehead atoms. The molecular weight excluding hydrogens is 421 g/mol. The Morgan fingerprint density at radius 1 is 1.43 bits per heavy atom. The van der Waals surface area contributed by atoms with E-state index in [1.165, 1.54) is 0 Å². The van der Waals surface area contributed by atoms with Crippen LogP contribution in [0.15, 0.2) is 4.99 Å². The Bertz CT molecular complexity index is 476. The summed E-state index contributed by atoms with van der Waals surface area (Å²) in [6.07, 6.45) is 2.08. The van der Waals surface area contributed by atoms with Gasteiger partial charge in [-0.2, -0.15) is 11.8 Å². The molecule has 0 atom stereocenters. The topological polar surface area (TPSA) is 61.8 Å². The Morgan fingerprint density at radius 3 is 2.43 bits per heavy atom. The van der Waals surface area contributed by atoms with Gasteiger partial charge in [-0.05, 0) is 34.0 Å². The van der Waals surface area contributed by atoms with Crippen LogP contribution in [0.25, 0.3) is 0 Å². The molecule has 1 N–H and O–H groups in total. The number of halogens is 1. The predicted octanol–water partition coefficient (Wildman–Crippen LogP) is 1.83. The maximum Gasteiger partial charge on any atom is 0.193 e. The standard InChI is InChI=1S/C13H27N3O2S2.HI/c1-12(2,19-6)9-15-11(14-5)16-7-8-20(17,18)13(3,4)10-16;/h7-10H2,1-6H3,(H,14,15);1H. The molecular formula is C13H28IN3O2S2. The molecule has 0 aliphatic carbocycles. The molecule has 0 saturated carbocycles. The van der Waals surface area contributed by atoms with E-state index in [0.29, 0.717) is 13.1 Å². The van der Waals surface area contributed by atoms with Crippen molar-refractivity contribution in [3.8, 4) is 0 Å². The van der Waals surface area contributed by atoms with Gasteiger partial charge in [0.2, 0.25) is 0 Å². The van der Waals surface area contributed by atoms with E-state index in [2.05, 4.69) is 30.4 Å². The molecule has 21 heavy (non-hydrogen) atoms. The molecule has 0 aromatic carbocycles. The Balaban J connectivity index is 0.00000400. The Kier molecular flexibility index (Phi) is 7.83. The summed E-state index contributed by atoms with van der Waals surface area (Å²) in [6.45, 7) is 9.69. The molecule has 5 nitrogen and oxygen atoms in total. The van der Waals surface area contributed by atoms with Crippen LogP contribution in [-0.2, 0) is 9.84 Å². The molecule has 1 heterocycles. The molecule has 8 heteroatoms. The molecule has 0 unspecified atom stereocenters. The summed E-state index contributed by atoms with van der Waals surface area (Å²) in [5, 5.41) is 3.36. The highest BCUT2D eigenvalue weighted by molar-refractivity contribution is 14.0. The van der Waals surface area contributed by atoms with Gasteiger partial charge in [-0.1, -0.05) is 0 Å². The molecule has 126 valence electrons. The van der Waals surface area contributed by atoms with Crippen molar-refractivity contribution in [1.82, 2.24) is 10.2 Å². The number of nitrogens with one attached hydrogen (secondary N) is 1. The van der Waals surface area contributed by atoms with Crippen molar-refractivity contribution in [2.45, 2.75) is 37.2 Å². The molecule has 0 spiro atoms. The largest absolute Gasteiger partial charge is 0.355 e. The number of aliphatic imine (C=N–C) groups is 1. The number of thioether (sulfide) groups is 1. The van der Waals surface area contributed by atoms with Gasteiger partial charge in [-0.3, -0.25) is 4.99 Å². The highest BCUT2D eigenvalue weighted by Gasteiger charge is 2.41. The predicted molar refractivity (Wildman–Crippen MR) is 104 cm³/mol. The molecule has 1 saturated heterocycles. The Labute approximate surface area is 150 Å². The van der Waals surface area contributed by atoms with E-state index in [9.17, 15) is 8.42 Å². The third-order valence-corrected chi connectivity index (χ3v) is 7.56. The van der Waals surface area contributed by atoms with Crippen LogP contribution in [0.4, 0.5) is 0 Å². The first-order valence-electron chi connectivity index (χ1n) is 6.78. The molecule has 0 aromatic rings. The smallest absolute Gasteiger partial charge is 0.193 e. The lowest BCUT2D eigenvalue weighted by Gasteiger charge is -2.39. The van der Waals surface area contributed by atoms with E-state index >= 15 is 0 Å². The van der Waals surface area contributed by atoms with Crippen molar-refractivity contribution in [3.63, 3.8) is 0 Å². The maximum atomic E-state index is 12.0. The van der Waals surface area contributed by atoms with Gasteiger partial charge in [0.25, 0.3) is 0 Å². The van der Waals surface area contributed by atoms with Gasteiger partial charge in [0.05, 0.1) is 10.5 Å². The van der Waals surface area contributed by atoms with Crippen molar-refractivity contribution in [1.29, 1.82) is 0 Å². The lowest BCUT2D eigenvalue weighted by Crippen LogP contribution is -2.58. The van der Waals surface area contributed by atoms with Crippen LogP contribution >= 0.6 is 35.7 Å². The van der Waals surface area contributed by atoms with Crippen molar-refractivity contribution < 1.29 is 8.42 Å². The summed E-state index contributed by atoms with van der Waals surface area (Å²) in [5.41, 5.74) is 0. The number of sulfone groups is 1. The highest BCUT2D eigenvalue weighted by atomic mass is 127. The van der Waals surface area contributed by atoms with Crippen LogP contribution in [-0.4, -0.2) is 67.5 Å². The van der Waals surface area contributed by atoms with E-state index in [-0.39, 0.29) is 34.5 Å². The van der Waals surface area contributed by atoms with Crippen molar-refractivity contribution in [3.05, 3.63) is 0 Å². The SMILES string of the molecule is CN=C(NCC(C)(C)SC)N1CCS(=O)(=O)C(C)(C)C1.I. The highest BCUT2D eigenvalue weighted by Crippen LogP contribution is 2.24. The van der Waals surface area contributed by atoms with Crippen LogP contribution in [0, 0.1) is 0 Å². The summed E-state index contributed by atoms with van der Waals surface area (Å²) in [5.74, 6) is 0.974. The molecule has 1 aliphatic heterocycles. The van der Waals surface area contributed by atoms with E-state index in [4.69, 9.17) is 0 Å². The van der Waals surface area contributed by atoms with Crippen LogP contribution in [0.1, 0.15) is 27.7 Å². The van der Waals surface area contributed by atoms with Crippen LogP contribution < -0.4 is 5.32 Å². The number of rotatable bonds is 3. The van der Waals surface area contributed by atoms with Crippen LogP contribution in [0.2, 0.25) is 0 Å². The fourth-order valence-corrected chi connectivity index (χ4v) is 3.60. The zero-order valence-electron chi connectivity index (χ0n) is 13.8. The molecule has 1 fully saturated rings. The van der Waals surface area contributed by atoms with Gasteiger partial charge in [0.1, 0.15) is 0 Å². The first-order valence-corrected chi connectivity index (χ1v) is 9.65. The van der Waals surface area contributed by atoms with E-state index in [0.717, 1.165) is 12.5 Å². The Morgan fingerprint density at radius 2 is 2.00 bits per heavy atom. The monoisotopic (exact) mass is 449 g/mol. The second-order valence-electron chi connectivity index (χ2n) is 6.36. The lowest BCUT2D eigenvalue weighted by molar-refractivity contribution is 0.352. The molecule has 1 rings (SSSR count). The van der Waals surface area contributed by atoms with Crippen molar-refractivity contribution in [2.24, 2.45) is 4.99 Å². The van der Waals surface area contributed by atoms with Gasteiger partial charge in [-0.25, -0.2) is 8.42 Å². The van der Waals surface area contributed by atoms with Gasteiger partial charge >= 0.3 is 0 Å². The van der Waals surface area contributed by atoms with Gasteiger partial charge < -0.3 is 10.2 Å². The fourth-order valence-electron chi connectivity index (χ4n) is 2.02.